The predicted molar refractivity (Wildman–Crippen MR) is 64.2 cm³/mol. The van der Waals surface area contributed by atoms with Gasteiger partial charge in [0, 0.05) is 6.04 Å². The van der Waals surface area contributed by atoms with E-state index in [0.717, 1.165) is 12.4 Å². The Morgan fingerprint density at radius 3 is 2.20 bits per heavy atom. The van der Waals surface area contributed by atoms with E-state index < -0.39 is 0 Å². The maximum absolute atomic E-state index is 5.41. The summed E-state index contributed by atoms with van der Waals surface area (Å²) < 4.78 is 5.41. The molecule has 1 rings (SSSR count). The quantitative estimate of drug-likeness (QED) is 0.801. The Balaban J connectivity index is 2.77. The maximum Gasteiger partial charge on any atom is 0.119 e. The predicted octanol–water partition coefficient (Wildman–Crippen LogP) is 3.00. The molecule has 84 valence electrons. The molecule has 15 heavy (non-hydrogen) atoms. The zero-order valence-electron chi connectivity index (χ0n) is 10.1. The van der Waals surface area contributed by atoms with Gasteiger partial charge in [0.15, 0.2) is 0 Å². The minimum Gasteiger partial charge on any atom is -0.494 e. The Morgan fingerprint density at radius 1 is 1.20 bits per heavy atom. The van der Waals surface area contributed by atoms with Crippen LogP contribution in [0.4, 0.5) is 0 Å². The van der Waals surface area contributed by atoms with E-state index in [-0.39, 0.29) is 0 Å². The van der Waals surface area contributed by atoms with Crippen LogP contribution < -0.4 is 10.1 Å². The fourth-order valence-electron chi connectivity index (χ4n) is 1.82. The van der Waals surface area contributed by atoms with Crippen LogP contribution in [0.2, 0.25) is 0 Å². The molecular weight excluding hydrogens is 186 g/mol. The van der Waals surface area contributed by atoms with Crippen LogP contribution >= 0.6 is 0 Å². The molecule has 0 saturated carbocycles. The highest BCUT2D eigenvalue weighted by molar-refractivity contribution is 5.29. The average molecular weight is 207 g/mol. The normalized spacial score (nSPS) is 12.9. The third kappa shape index (κ3) is 3.24. The maximum atomic E-state index is 5.41. The van der Waals surface area contributed by atoms with E-state index in [9.17, 15) is 0 Å². The first-order valence-electron chi connectivity index (χ1n) is 5.59. The van der Waals surface area contributed by atoms with E-state index in [1.807, 2.05) is 26.1 Å². The molecule has 0 aliphatic heterocycles. The number of rotatable bonds is 5. The van der Waals surface area contributed by atoms with Crippen LogP contribution in [-0.2, 0) is 0 Å². The summed E-state index contributed by atoms with van der Waals surface area (Å²) in [6.07, 6.45) is 0. The Bertz CT molecular complexity index is 279. The zero-order valence-corrected chi connectivity index (χ0v) is 10.1. The SMILES string of the molecule is CCOc1ccc(C(NC)C(C)C)cc1. The molecular formula is C13H21NO. The number of benzene rings is 1. The molecule has 1 N–H and O–H groups in total. The molecule has 2 heteroatoms. The van der Waals surface area contributed by atoms with Gasteiger partial charge in [0.05, 0.1) is 6.61 Å². The van der Waals surface area contributed by atoms with Crippen molar-refractivity contribution in [1.29, 1.82) is 0 Å². The summed E-state index contributed by atoms with van der Waals surface area (Å²) in [7, 11) is 2.00. The second kappa shape index (κ2) is 5.76. The summed E-state index contributed by atoms with van der Waals surface area (Å²) in [6, 6.07) is 8.75. The van der Waals surface area contributed by atoms with E-state index in [0.29, 0.717) is 12.0 Å². The van der Waals surface area contributed by atoms with Gasteiger partial charge in [-0.3, -0.25) is 0 Å². The largest absolute Gasteiger partial charge is 0.494 e. The topological polar surface area (TPSA) is 21.3 Å². The van der Waals surface area contributed by atoms with Crippen molar-refractivity contribution in [3.05, 3.63) is 29.8 Å². The van der Waals surface area contributed by atoms with Gasteiger partial charge in [-0.15, -0.1) is 0 Å². The van der Waals surface area contributed by atoms with Gasteiger partial charge in [-0.25, -0.2) is 0 Å². The van der Waals surface area contributed by atoms with E-state index in [2.05, 4.69) is 31.3 Å². The molecule has 1 aromatic carbocycles. The van der Waals surface area contributed by atoms with Crippen LogP contribution in [0.1, 0.15) is 32.4 Å². The number of hydrogen-bond donors (Lipinski definition) is 1. The molecule has 0 saturated heterocycles. The molecule has 2 nitrogen and oxygen atoms in total. The molecule has 0 amide bonds. The fourth-order valence-corrected chi connectivity index (χ4v) is 1.82. The summed E-state index contributed by atoms with van der Waals surface area (Å²) in [6.45, 7) is 7.16. The lowest BCUT2D eigenvalue weighted by Gasteiger charge is -2.20. The third-order valence-electron chi connectivity index (χ3n) is 2.53. The Hall–Kier alpha value is -1.02. The highest BCUT2D eigenvalue weighted by Crippen LogP contribution is 2.23. The second-order valence-electron chi connectivity index (χ2n) is 4.01. The monoisotopic (exact) mass is 207 g/mol. The lowest BCUT2D eigenvalue weighted by atomic mass is 9.96. The van der Waals surface area contributed by atoms with Gasteiger partial charge in [0.25, 0.3) is 0 Å². The molecule has 0 spiro atoms. The summed E-state index contributed by atoms with van der Waals surface area (Å²) in [5, 5.41) is 3.33. The van der Waals surface area contributed by atoms with Crippen molar-refractivity contribution in [3.63, 3.8) is 0 Å². The van der Waals surface area contributed by atoms with Crippen LogP contribution in [0, 0.1) is 5.92 Å². The number of ether oxygens (including phenoxy) is 1. The van der Waals surface area contributed by atoms with Crippen molar-refractivity contribution in [2.45, 2.75) is 26.8 Å². The highest BCUT2D eigenvalue weighted by Gasteiger charge is 2.12. The first kappa shape index (κ1) is 12.1. The Kier molecular flexibility index (Phi) is 4.63. The minimum absolute atomic E-state index is 0.417. The molecule has 0 fully saturated rings. The van der Waals surface area contributed by atoms with Crippen molar-refractivity contribution in [2.75, 3.05) is 13.7 Å². The summed E-state index contributed by atoms with van der Waals surface area (Å²) in [4.78, 5) is 0. The second-order valence-corrected chi connectivity index (χ2v) is 4.01. The van der Waals surface area contributed by atoms with Gasteiger partial charge in [0.1, 0.15) is 5.75 Å². The Morgan fingerprint density at radius 2 is 1.80 bits per heavy atom. The molecule has 1 atom stereocenters. The molecule has 1 aromatic rings. The van der Waals surface area contributed by atoms with Gasteiger partial charge in [-0.05, 0) is 37.6 Å². The fraction of sp³-hybridized carbons (Fsp3) is 0.538. The molecule has 0 aromatic heterocycles. The van der Waals surface area contributed by atoms with Gasteiger partial charge < -0.3 is 10.1 Å². The summed E-state index contributed by atoms with van der Waals surface area (Å²) in [5.74, 6) is 1.54. The van der Waals surface area contributed by atoms with Crippen molar-refractivity contribution < 1.29 is 4.74 Å². The van der Waals surface area contributed by atoms with E-state index in [1.54, 1.807) is 0 Å². The van der Waals surface area contributed by atoms with Crippen LogP contribution in [0.15, 0.2) is 24.3 Å². The first-order chi connectivity index (χ1) is 7.19. The van der Waals surface area contributed by atoms with Gasteiger partial charge in [-0.2, -0.15) is 0 Å². The Labute approximate surface area is 92.6 Å². The first-order valence-corrected chi connectivity index (χ1v) is 5.59. The van der Waals surface area contributed by atoms with E-state index in [1.165, 1.54) is 5.56 Å². The molecule has 0 aliphatic carbocycles. The summed E-state index contributed by atoms with van der Waals surface area (Å²) >= 11 is 0. The summed E-state index contributed by atoms with van der Waals surface area (Å²) in [5.41, 5.74) is 1.32. The van der Waals surface area contributed by atoms with Gasteiger partial charge >= 0.3 is 0 Å². The smallest absolute Gasteiger partial charge is 0.119 e. The average Bonchev–Trinajstić information content (AvgIpc) is 2.21. The van der Waals surface area contributed by atoms with Crippen LogP contribution in [-0.4, -0.2) is 13.7 Å². The number of hydrogen-bond acceptors (Lipinski definition) is 2. The molecule has 0 radical (unpaired) electrons. The van der Waals surface area contributed by atoms with Gasteiger partial charge in [-0.1, -0.05) is 26.0 Å². The van der Waals surface area contributed by atoms with Crippen molar-refractivity contribution >= 4 is 0 Å². The molecule has 0 aliphatic rings. The van der Waals surface area contributed by atoms with E-state index in [4.69, 9.17) is 4.74 Å². The van der Waals surface area contributed by atoms with Crippen LogP contribution in [0.25, 0.3) is 0 Å². The standard InChI is InChI=1S/C13H21NO/c1-5-15-12-8-6-11(7-9-12)13(14-4)10(2)3/h6-10,13-14H,5H2,1-4H3. The van der Waals surface area contributed by atoms with Crippen molar-refractivity contribution in [1.82, 2.24) is 5.32 Å². The lowest BCUT2D eigenvalue weighted by molar-refractivity contribution is 0.339. The third-order valence-corrected chi connectivity index (χ3v) is 2.53. The molecule has 0 heterocycles. The van der Waals surface area contributed by atoms with E-state index >= 15 is 0 Å². The highest BCUT2D eigenvalue weighted by atomic mass is 16.5. The molecule has 0 bridgehead atoms. The lowest BCUT2D eigenvalue weighted by Crippen LogP contribution is -2.21. The zero-order chi connectivity index (χ0) is 11.3. The van der Waals surface area contributed by atoms with Crippen LogP contribution in [0.5, 0.6) is 5.75 Å². The van der Waals surface area contributed by atoms with Crippen LogP contribution in [0.3, 0.4) is 0 Å². The van der Waals surface area contributed by atoms with Gasteiger partial charge in [0.2, 0.25) is 0 Å². The number of nitrogens with one attached hydrogen (secondary N) is 1. The minimum atomic E-state index is 0.417. The molecule has 1 unspecified atom stereocenters. The van der Waals surface area contributed by atoms with Crippen molar-refractivity contribution in [3.8, 4) is 5.75 Å². The van der Waals surface area contributed by atoms with Crippen molar-refractivity contribution in [2.24, 2.45) is 5.92 Å².